The third-order valence-corrected chi connectivity index (χ3v) is 4.26. The maximum Gasteiger partial charge on any atom is 0.253 e. The van der Waals surface area contributed by atoms with Crippen molar-refractivity contribution in [3.63, 3.8) is 0 Å². The predicted octanol–water partition coefficient (Wildman–Crippen LogP) is 3.74. The van der Waals surface area contributed by atoms with Crippen molar-refractivity contribution >= 4 is 40.9 Å². The van der Waals surface area contributed by atoms with E-state index in [9.17, 15) is 4.79 Å². The van der Waals surface area contributed by atoms with Crippen LogP contribution in [-0.4, -0.2) is 22.1 Å². The molecule has 1 amide bonds. The number of nitrogens with zero attached hydrogens (tertiary/aromatic N) is 2. The maximum atomic E-state index is 12.2. The molecule has 110 valence electrons. The van der Waals surface area contributed by atoms with Gasteiger partial charge in [-0.2, -0.15) is 0 Å². The van der Waals surface area contributed by atoms with Gasteiger partial charge in [-0.15, -0.1) is 11.8 Å². The SMILES string of the molecule is CSc1cc(C(=O)NCc2ccnc(C)n2)c(Cl)cc1Cl. The summed E-state index contributed by atoms with van der Waals surface area (Å²) < 4.78 is 0. The number of hydrogen-bond acceptors (Lipinski definition) is 4. The highest BCUT2D eigenvalue weighted by Gasteiger charge is 2.14. The second-order valence-electron chi connectivity index (χ2n) is 4.24. The van der Waals surface area contributed by atoms with Gasteiger partial charge >= 0.3 is 0 Å². The number of aromatic nitrogens is 2. The van der Waals surface area contributed by atoms with Gasteiger partial charge in [-0.05, 0) is 31.4 Å². The van der Waals surface area contributed by atoms with Crippen LogP contribution < -0.4 is 5.32 Å². The molecular formula is C14H13Cl2N3OS. The number of carbonyl (C=O) groups excluding carboxylic acids is 1. The van der Waals surface area contributed by atoms with E-state index in [0.717, 1.165) is 10.6 Å². The summed E-state index contributed by atoms with van der Waals surface area (Å²) in [4.78, 5) is 21.3. The van der Waals surface area contributed by atoms with Crippen LogP contribution in [0.1, 0.15) is 21.9 Å². The van der Waals surface area contributed by atoms with Crippen molar-refractivity contribution in [1.82, 2.24) is 15.3 Å². The molecule has 0 fully saturated rings. The van der Waals surface area contributed by atoms with Gasteiger partial charge in [0.25, 0.3) is 5.91 Å². The van der Waals surface area contributed by atoms with E-state index in [4.69, 9.17) is 23.2 Å². The van der Waals surface area contributed by atoms with Crippen LogP contribution in [0.4, 0.5) is 0 Å². The Morgan fingerprint density at radius 1 is 1.33 bits per heavy atom. The summed E-state index contributed by atoms with van der Waals surface area (Å²) in [5.74, 6) is 0.402. The van der Waals surface area contributed by atoms with Gasteiger partial charge in [-0.1, -0.05) is 23.2 Å². The molecule has 1 aromatic carbocycles. The van der Waals surface area contributed by atoms with E-state index in [0.29, 0.717) is 28.0 Å². The Morgan fingerprint density at radius 2 is 2.10 bits per heavy atom. The molecule has 0 atom stereocenters. The van der Waals surface area contributed by atoms with Crippen LogP contribution in [0.25, 0.3) is 0 Å². The summed E-state index contributed by atoms with van der Waals surface area (Å²) in [6, 6.07) is 5.03. The average molecular weight is 342 g/mol. The Kier molecular flexibility index (Phi) is 5.45. The van der Waals surface area contributed by atoms with Crippen LogP contribution in [0.3, 0.4) is 0 Å². The molecule has 21 heavy (non-hydrogen) atoms. The van der Waals surface area contributed by atoms with Crippen LogP contribution in [-0.2, 0) is 6.54 Å². The highest BCUT2D eigenvalue weighted by Crippen LogP contribution is 2.31. The van der Waals surface area contributed by atoms with Gasteiger partial charge < -0.3 is 5.32 Å². The smallest absolute Gasteiger partial charge is 0.253 e. The molecule has 0 saturated heterocycles. The molecule has 0 radical (unpaired) electrons. The van der Waals surface area contributed by atoms with Gasteiger partial charge in [0.15, 0.2) is 0 Å². The molecule has 0 aliphatic heterocycles. The summed E-state index contributed by atoms with van der Waals surface area (Å²) in [6.45, 7) is 2.11. The maximum absolute atomic E-state index is 12.2. The van der Waals surface area contributed by atoms with Crippen LogP contribution in [0.5, 0.6) is 0 Å². The van der Waals surface area contributed by atoms with E-state index in [-0.39, 0.29) is 5.91 Å². The van der Waals surface area contributed by atoms with Gasteiger partial charge in [-0.3, -0.25) is 4.79 Å². The molecule has 2 aromatic rings. The van der Waals surface area contributed by atoms with E-state index in [1.807, 2.05) is 6.26 Å². The number of carbonyl (C=O) groups is 1. The molecule has 0 saturated carbocycles. The Hall–Kier alpha value is -1.30. The van der Waals surface area contributed by atoms with Crippen LogP contribution >= 0.6 is 35.0 Å². The summed E-state index contributed by atoms with van der Waals surface area (Å²) in [7, 11) is 0. The largest absolute Gasteiger partial charge is 0.346 e. The number of halogens is 2. The fourth-order valence-corrected chi connectivity index (χ4v) is 2.92. The van der Waals surface area contributed by atoms with Crippen LogP contribution in [0.15, 0.2) is 29.3 Å². The van der Waals surface area contributed by atoms with E-state index in [2.05, 4.69) is 15.3 Å². The zero-order valence-electron chi connectivity index (χ0n) is 11.5. The van der Waals surface area contributed by atoms with Gasteiger partial charge in [-0.25, -0.2) is 9.97 Å². The van der Waals surface area contributed by atoms with E-state index in [1.54, 1.807) is 31.3 Å². The first kappa shape index (κ1) is 16.1. The monoisotopic (exact) mass is 341 g/mol. The summed E-state index contributed by atoms with van der Waals surface area (Å²) >= 11 is 13.6. The van der Waals surface area contributed by atoms with Gasteiger partial charge in [0.1, 0.15) is 5.82 Å². The minimum absolute atomic E-state index is 0.261. The first-order valence-electron chi connectivity index (χ1n) is 6.11. The fraction of sp³-hybridized carbons (Fsp3) is 0.214. The molecular weight excluding hydrogens is 329 g/mol. The van der Waals surface area contributed by atoms with Crippen molar-refractivity contribution in [2.45, 2.75) is 18.4 Å². The van der Waals surface area contributed by atoms with E-state index >= 15 is 0 Å². The molecule has 2 rings (SSSR count). The normalized spacial score (nSPS) is 10.5. The second-order valence-corrected chi connectivity index (χ2v) is 5.91. The summed E-state index contributed by atoms with van der Waals surface area (Å²) in [5.41, 5.74) is 1.14. The number of thioether (sulfide) groups is 1. The zero-order chi connectivity index (χ0) is 15.4. The van der Waals surface area contributed by atoms with Gasteiger partial charge in [0, 0.05) is 11.1 Å². The highest BCUT2D eigenvalue weighted by molar-refractivity contribution is 7.98. The Bertz CT molecular complexity index is 679. The average Bonchev–Trinajstić information content (AvgIpc) is 2.45. The molecule has 0 unspecified atom stereocenters. The Morgan fingerprint density at radius 3 is 2.76 bits per heavy atom. The lowest BCUT2D eigenvalue weighted by molar-refractivity contribution is 0.0950. The molecule has 0 aliphatic rings. The number of hydrogen-bond donors (Lipinski definition) is 1. The lowest BCUT2D eigenvalue weighted by Gasteiger charge is -2.09. The number of nitrogens with one attached hydrogen (secondary N) is 1. The standard InChI is InChI=1S/C14H13Cl2N3OS/c1-8-17-4-3-9(19-8)7-18-14(20)10-5-13(21-2)12(16)6-11(10)15/h3-6H,7H2,1-2H3,(H,18,20). The molecule has 1 heterocycles. The van der Waals surface area contributed by atoms with Crippen molar-refractivity contribution in [3.8, 4) is 0 Å². The van der Waals surface area contributed by atoms with Crippen LogP contribution in [0.2, 0.25) is 10.0 Å². The molecule has 0 aliphatic carbocycles. The number of aryl methyl sites for hydroxylation is 1. The number of rotatable bonds is 4. The molecule has 4 nitrogen and oxygen atoms in total. The van der Waals surface area contributed by atoms with Crippen molar-refractivity contribution in [3.05, 3.63) is 51.5 Å². The lowest BCUT2D eigenvalue weighted by Crippen LogP contribution is -2.24. The zero-order valence-corrected chi connectivity index (χ0v) is 13.8. The molecule has 7 heteroatoms. The van der Waals surface area contributed by atoms with E-state index in [1.165, 1.54) is 11.8 Å². The first-order valence-corrected chi connectivity index (χ1v) is 8.09. The van der Waals surface area contributed by atoms with Crippen molar-refractivity contribution in [1.29, 1.82) is 0 Å². The molecule has 0 bridgehead atoms. The van der Waals surface area contributed by atoms with Gasteiger partial charge in [0.2, 0.25) is 0 Å². The topological polar surface area (TPSA) is 54.9 Å². The second kappa shape index (κ2) is 7.11. The first-order chi connectivity index (χ1) is 10.0. The molecule has 1 aromatic heterocycles. The van der Waals surface area contributed by atoms with Crippen molar-refractivity contribution in [2.75, 3.05) is 6.26 Å². The van der Waals surface area contributed by atoms with Crippen molar-refractivity contribution < 1.29 is 4.79 Å². The van der Waals surface area contributed by atoms with Crippen LogP contribution in [0, 0.1) is 6.92 Å². The predicted molar refractivity (Wildman–Crippen MR) is 86.2 cm³/mol. The Labute approximate surface area is 137 Å². The quantitative estimate of drug-likeness (QED) is 0.860. The third-order valence-electron chi connectivity index (χ3n) is 2.75. The number of amides is 1. The number of benzene rings is 1. The minimum Gasteiger partial charge on any atom is -0.346 e. The van der Waals surface area contributed by atoms with Gasteiger partial charge in [0.05, 0.1) is 27.8 Å². The third kappa shape index (κ3) is 4.09. The molecule has 0 spiro atoms. The highest BCUT2D eigenvalue weighted by atomic mass is 35.5. The van der Waals surface area contributed by atoms with Crippen molar-refractivity contribution in [2.24, 2.45) is 0 Å². The summed E-state index contributed by atoms with van der Waals surface area (Å²) in [6.07, 6.45) is 3.55. The minimum atomic E-state index is -0.261. The fourth-order valence-electron chi connectivity index (χ4n) is 1.73. The Balaban J connectivity index is 2.13. The van der Waals surface area contributed by atoms with E-state index < -0.39 is 0 Å². The molecule has 1 N–H and O–H groups in total. The lowest BCUT2D eigenvalue weighted by atomic mass is 10.2. The summed E-state index contributed by atoms with van der Waals surface area (Å²) in [5, 5.41) is 3.65.